The number of ether oxygens (including phenoxy) is 2. The molecule has 18 heavy (non-hydrogen) atoms. The first-order chi connectivity index (χ1) is 8.31. The van der Waals surface area contributed by atoms with Gasteiger partial charge in [-0.3, -0.25) is 4.79 Å². The lowest BCUT2D eigenvalue weighted by atomic mass is 9.99. The van der Waals surface area contributed by atoms with Crippen LogP contribution < -0.4 is 5.32 Å². The minimum Gasteiger partial charge on any atom is -0.444 e. The Hall–Kier alpha value is -1.10. The predicted molar refractivity (Wildman–Crippen MR) is 67.4 cm³/mol. The normalized spacial score (nSPS) is 23.8. The zero-order valence-electron chi connectivity index (χ0n) is 11.6. The Balaban J connectivity index is 2.26. The third kappa shape index (κ3) is 5.04. The van der Waals surface area contributed by atoms with Crippen molar-refractivity contribution < 1.29 is 19.1 Å². The van der Waals surface area contributed by atoms with Crippen molar-refractivity contribution in [2.75, 3.05) is 13.2 Å². The van der Waals surface area contributed by atoms with E-state index < -0.39 is 11.7 Å². The van der Waals surface area contributed by atoms with Crippen LogP contribution in [0.5, 0.6) is 0 Å². The van der Waals surface area contributed by atoms with Gasteiger partial charge < -0.3 is 14.8 Å². The monoisotopic (exact) mass is 257 g/mol. The van der Waals surface area contributed by atoms with Crippen molar-refractivity contribution in [1.29, 1.82) is 0 Å². The van der Waals surface area contributed by atoms with E-state index in [1.54, 1.807) is 0 Å². The molecule has 0 aromatic heterocycles. The van der Waals surface area contributed by atoms with Crippen molar-refractivity contribution >= 4 is 11.9 Å². The summed E-state index contributed by atoms with van der Waals surface area (Å²) in [4.78, 5) is 22.9. The van der Waals surface area contributed by atoms with Crippen LogP contribution in [-0.2, 0) is 14.3 Å². The maximum absolute atomic E-state index is 11.5. The molecule has 0 aromatic rings. The molecule has 2 unspecified atom stereocenters. The summed E-state index contributed by atoms with van der Waals surface area (Å²) in [6, 6.07) is 0. The Labute approximate surface area is 108 Å². The van der Waals surface area contributed by atoms with E-state index in [9.17, 15) is 9.59 Å². The average molecular weight is 257 g/mol. The Morgan fingerprint density at radius 2 is 2.06 bits per heavy atom. The van der Waals surface area contributed by atoms with Crippen LogP contribution in [0.15, 0.2) is 0 Å². The van der Waals surface area contributed by atoms with Gasteiger partial charge in [-0.15, -0.1) is 0 Å². The van der Waals surface area contributed by atoms with E-state index in [2.05, 4.69) is 5.32 Å². The Bertz CT molecular complexity index is 309. The standard InChI is InChI=1S/C13H23NO4/c1-5-11(15)9-6-10(17-8-9)7-14-12(16)18-13(2,3)4/h9-10H,5-8H2,1-4H3,(H,14,16). The maximum atomic E-state index is 11.5. The third-order valence-corrected chi connectivity index (χ3v) is 2.76. The quantitative estimate of drug-likeness (QED) is 0.835. The molecular weight excluding hydrogens is 234 g/mol. The van der Waals surface area contributed by atoms with Gasteiger partial charge >= 0.3 is 6.09 Å². The summed E-state index contributed by atoms with van der Waals surface area (Å²) in [6.45, 7) is 8.15. The third-order valence-electron chi connectivity index (χ3n) is 2.76. The van der Waals surface area contributed by atoms with Gasteiger partial charge in [0, 0.05) is 18.9 Å². The summed E-state index contributed by atoms with van der Waals surface area (Å²) in [5.74, 6) is 0.218. The molecule has 0 saturated carbocycles. The van der Waals surface area contributed by atoms with Gasteiger partial charge in [0.05, 0.1) is 12.7 Å². The lowest BCUT2D eigenvalue weighted by Gasteiger charge is -2.20. The fourth-order valence-corrected chi connectivity index (χ4v) is 1.87. The molecule has 1 aliphatic heterocycles. The SMILES string of the molecule is CCC(=O)C1COC(CNC(=O)OC(C)(C)C)C1. The van der Waals surface area contributed by atoms with Gasteiger partial charge in [0.2, 0.25) is 0 Å². The second kappa shape index (κ2) is 6.18. The molecule has 0 spiro atoms. The molecule has 2 atom stereocenters. The van der Waals surface area contributed by atoms with Crippen molar-refractivity contribution in [2.24, 2.45) is 5.92 Å². The summed E-state index contributed by atoms with van der Waals surface area (Å²) in [5.41, 5.74) is -0.499. The van der Waals surface area contributed by atoms with Crippen molar-refractivity contribution in [3.8, 4) is 0 Å². The number of carbonyl (C=O) groups is 2. The van der Waals surface area contributed by atoms with E-state index in [1.165, 1.54) is 0 Å². The lowest BCUT2D eigenvalue weighted by Crippen LogP contribution is -2.36. The van der Waals surface area contributed by atoms with Crippen LogP contribution in [-0.4, -0.2) is 36.7 Å². The van der Waals surface area contributed by atoms with Crippen molar-refractivity contribution in [3.05, 3.63) is 0 Å². The smallest absolute Gasteiger partial charge is 0.407 e. The number of amides is 1. The van der Waals surface area contributed by atoms with Crippen LogP contribution in [0.4, 0.5) is 4.79 Å². The largest absolute Gasteiger partial charge is 0.444 e. The molecule has 5 nitrogen and oxygen atoms in total. The van der Waals surface area contributed by atoms with Crippen molar-refractivity contribution in [1.82, 2.24) is 5.32 Å². The highest BCUT2D eigenvalue weighted by atomic mass is 16.6. The highest BCUT2D eigenvalue weighted by molar-refractivity contribution is 5.81. The first-order valence-corrected chi connectivity index (χ1v) is 6.43. The van der Waals surface area contributed by atoms with E-state index in [0.29, 0.717) is 26.0 Å². The average Bonchev–Trinajstić information content (AvgIpc) is 2.71. The molecule has 1 aliphatic rings. The van der Waals surface area contributed by atoms with Gasteiger partial charge in [0.1, 0.15) is 11.4 Å². The molecule has 1 amide bonds. The Morgan fingerprint density at radius 1 is 1.39 bits per heavy atom. The minimum atomic E-state index is -0.499. The summed E-state index contributed by atoms with van der Waals surface area (Å²) in [7, 11) is 0. The molecule has 1 heterocycles. The number of alkyl carbamates (subject to hydrolysis) is 1. The van der Waals surface area contributed by atoms with Crippen molar-refractivity contribution in [2.45, 2.75) is 52.2 Å². The van der Waals surface area contributed by atoms with E-state index in [0.717, 1.165) is 0 Å². The fourth-order valence-electron chi connectivity index (χ4n) is 1.87. The van der Waals surface area contributed by atoms with Crippen LogP contribution in [0, 0.1) is 5.92 Å². The topological polar surface area (TPSA) is 64.6 Å². The van der Waals surface area contributed by atoms with Crippen LogP contribution in [0.2, 0.25) is 0 Å². The van der Waals surface area contributed by atoms with E-state index in [1.807, 2.05) is 27.7 Å². The second-order valence-corrected chi connectivity index (χ2v) is 5.59. The number of hydrogen-bond acceptors (Lipinski definition) is 4. The molecule has 0 aromatic carbocycles. The number of nitrogens with one attached hydrogen (secondary N) is 1. The zero-order chi connectivity index (χ0) is 13.8. The van der Waals surface area contributed by atoms with Crippen molar-refractivity contribution in [3.63, 3.8) is 0 Å². The first-order valence-electron chi connectivity index (χ1n) is 6.43. The highest BCUT2D eigenvalue weighted by Gasteiger charge is 2.30. The molecule has 0 bridgehead atoms. The minimum absolute atomic E-state index is 0.0135. The fraction of sp³-hybridized carbons (Fsp3) is 0.846. The van der Waals surface area contributed by atoms with Gasteiger partial charge in [0.15, 0.2) is 0 Å². The molecule has 0 radical (unpaired) electrons. The molecule has 1 rings (SSSR count). The van der Waals surface area contributed by atoms with Gasteiger partial charge in [-0.2, -0.15) is 0 Å². The summed E-state index contributed by atoms with van der Waals surface area (Å²) < 4.78 is 10.6. The second-order valence-electron chi connectivity index (χ2n) is 5.59. The van der Waals surface area contributed by atoms with Crippen LogP contribution in [0.1, 0.15) is 40.5 Å². The lowest BCUT2D eigenvalue weighted by molar-refractivity contribution is -0.122. The van der Waals surface area contributed by atoms with Crippen LogP contribution >= 0.6 is 0 Å². The summed E-state index contributed by atoms with van der Waals surface area (Å²) in [6.07, 6.45) is 0.692. The van der Waals surface area contributed by atoms with Gasteiger partial charge in [-0.05, 0) is 27.2 Å². The summed E-state index contributed by atoms with van der Waals surface area (Å²) in [5, 5.41) is 2.66. The zero-order valence-corrected chi connectivity index (χ0v) is 11.6. The molecule has 1 saturated heterocycles. The Morgan fingerprint density at radius 3 is 2.61 bits per heavy atom. The molecule has 5 heteroatoms. The molecular formula is C13H23NO4. The molecule has 1 N–H and O–H groups in total. The summed E-state index contributed by atoms with van der Waals surface area (Å²) >= 11 is 0. The molecule has 1 fully saturated rings. The number of hydrogen-bond donors (Lipinski definition) is 1. The van der Waals surface area contributed by atoms with E-state index in [-0.39, 0.29) is 17.8 Å². The molecule has 104 valence electrons. The van der Waals surface area contributed by atoms with Gasteiger partial charge in [-0.25, -0.2) is 4.79 Å². The predicted octanol–water partition coefficient (Wildman–Crippen LogP) is 1.90. The molecule has 0 aliphatic carbocycles. The number of carbonyl (C=O) groups excluding carboxylic acids is 2. The first kappa shape index (κ1) is 15.0. The van der Waals surface area contributed by atoms with Gasteiger partial charge in [-0.1, -0.05) is 6.92 Å². The van der Waals surface area contributed by atoms with Gasteiger partial charge in [0.25, 0.3) is 0 Å². The number of rotatable bonds is 4. The number of Topliss-reactive ketones (excluding diaryl/α,β-unsaturated/α-hetero) is 1. The van der Waals surface area contributed by atoms with E-state index >= 15 is 0 Å². The number of ketones is 1. The Kier molecular flexibility index (Phi) is 5.14. The van der Waals surface area contributed by atoms with Crippen LogP contribution in [0.3, 0.4) is 0 Å². The highest BCUT2D eigenvalue weighted by Crippen LogP contribution is 2.21. The van der Waals surface area contributed by atoms with Crippen LogP contribution in [0.25, 0.3) is 0 Å². The van der Waals surface area contributed by atoms with E-state index in [4.69, 9.17) is 9.47 Å². The maximum Gasteiger partial charge on any atom is 0.407 e.